The van der Waals surface area contributed by atoms with E-state index in [9.17, 15) is 9.59 Å². The van der Waals surface area contributed by atoms with E-state index in [1.807, 2.05) is 29.2 Å². The van der Waals surface area contributed by atoms with Gasteiger partial charge >= 0.3 is 6.09 Å². The van der Waals surface area contributed by atoms with Gasteiger partial charge in [-0.15, -0.1) is 0 Å². The van der Waals surface area contributed by atoms with Crippen LogP contribution in [-0.4, -0.2) is 60.0 Å². The van der Waals surface area contributed by atoms with Gasteiger partial charge < -0.3 is 26.0 Å². The molecule has 170 valence electrons. The molecule has 8 nitrogen and oxygen atoms in total. The number of benzene rings is 1. The Bertz CT molecular complexity index is 745. The number of piperazine rings is 1. The Morgan fingerprint density at radius 3 is 2.10 bits per heavy atom. The second-order valence-corrected chi connectivity index (χ2v) is 8.42. The second-order valence-electron chi connectivity index (χ2n) is 8.42. The number of carbonyl (C=O) groups is 2. The first-order chi connectivity index (χ1) is 15.0. The van der Waals surface area contributed by atoms with Crippen molar-refractivity contribution in [2.45, 2.75) is 63.9 Å². The minimum Gasteiger partial charge on any atom is -0.446 e. The summed E-state index contributed by atoms with van der Waals surface area (Å²) in [5, 5.41) is 0. The monoisotopic (exact) mass is 429 g/mol. The standard InChI is InChI=1S/C23H35N5O3/c24-22(25)26-19-11-8-18(9-12-19)10-13-21(29)27-14-16-28(17-15-27)23(30)31-20-6-4-2-1-3-5-7-20/h8-9,11-12,20H,1-7,10,13-17H2,(H4,24,25,26). The fourth-order valence-electron chi connectivity index (χ4n) is 4.19. The molecule has 0 aromatic heterocycles. The molecule has 2 amide bonds. The zero-order valence-corrected chi connectivity index (χ0v) is 18.3. The molecule has 1 heterocycles. The van der Waals surface area contributed by atoms with E-state index in [-0.39, 0.29) is 24.1 Å². The van der Waals surface area contributed by atoms with Crippen molar-refractivity contribution >= 4 is 23.6 Å². The van der Waals surface area contributed by atoms with E-state index in [0.717, 1.165) is 31.2 Å². The maximum Gasteiger partial charge on any atom is 0.410 e. The van der Waals surface area contributed by atoms with Gasteiger partial charge in [0.2, 0.25) is 5.91 Å². The number of rotatable bonds is 5. The van der Waals surface area contributed by atoms with Crippen molar-refractivity contribution in [1.82, 2.24) is 9.80 Å². The molecule has 1 saturated heterocycles. The van der Waals surface area contributed by atoms with Crippen LogP contribution in [0.3, 0.4) is 0 Å². The van der Waals surface area contributed by atoms with Gasteiger partial charge in [0.05, 0.1) is 5.69 Å². The van der Waals surface area contributed by atoms with Crippen LogP contribution >= 0.6 is 0 Å². The Labute approximate surface area is 184 Å². The molecule has 4 N–H and O–H groups in total. The summed E-state index contributed by atoms with van der Waals surface area (Å²) < 4.78 is 5.76. The van der Waals surface area contributed by atoms with E-state index in [0.29, 0.717) is 44.7 Å². The summed E-state index contributed by atoms with van der Waals surface area (Å²) in [7, 11) is 0. The van der Waals surface area contributed by atoms with Crippen LogP contribution < -0.4 is 11.5 Å². The molecule has 1 aliphatic carbocycles. The van der Waals surface area contributed by atoms with E-state index >= 15 is 0 Å². The lowest BCUT2D eigenvalue weighted by Crippen LogP contribution is -2.51. The van der Waals surface area contributed by atoms with E-state index in [1.165, 1.54) is 19.3 Å². The lowest BCUT2D eigenvalue weighted by atomic mass is 9.99. The highest BCUT2D eigenvalue weighted by Crippen LogP contribution is 2.21. The number of carbonyl (C=O) groups excluding carboxylic acids is 2. The number of aryl methyl sites for hydroxylation is 1. The largest absolute Gasteiger partial charge is 0.446 e. The Morgan fingerprint density at radius 1 is 0.903 bits per heavy atom. The van der Waals surface area contributed by atoms with Crippen molar-refractivity contribution in [2.75, 3.05) is 26.2 Å². The average Bonchev–Trinajstić information content (AvgIpc) is 2.74. The molecule has 0 atom stereocenters. The van der Waals surface area contributed by atoms with Crippen LogP contribution in [0, 0.1) is 0 Å². The third-order valence-corrected chi connectivity index (χ3v) is 6.03. The number of aliphatic imine (C=N–C) groups is 1. The minimum atomic E-state index is -0.224. The van der Waals surface area contributed by atoms with Crippen LogP contribution in [0.5, 0.6) is 0 Å². The van der Waals surface area contributed by atoms with Crippen molar-refractivity contribution in [2.24, 2.45) is 16.5 Å². The normalized spacial score (nSPS) is 18.1. The quantitative estimate of drug-likeness (QED) is 0.552. The van der Waals surface area contributed by atoms with Crippen molar-refractivity contribution in [3.8, 4) is 0 Å². The number of hydrogen-bond donors (Lipinski definition) is 2. The Morgan fingerprint density at radius 2 is 1.48 bits per heavy atom. The van der Waals surface area contributed by atoms with Crippen molar-refractivity contribution < 1.29 is 14.3 Å². The zero-order valence-electron chi connectivity index (χ0n) is 18.3. The van der Waals surface area contributed by atoms with E-state index in [4.69, 9.17) is 16.2 Å². The van der Waals surface area contributed by atoms with Gasteiger partial charge in [-0.25, -0.2) is 9.79 Å². The van der Waals surface area contributed by atoms with Crippen molar-refractivity contribution in [3.63, 3.8) is 0 Å². The number of nitrogens with two attached hydrogens (primary N) is 2. The molecule has 1 aromatic rings. The number of guanidine groups is 1. The Balaban J connectivity index is 1.39. The van der Waals surface area contributed by atoms with Gasteiger partial charge in [-0.05, 0) is 49.8 Å². The molecule has 3 rings (SSSR count). The van der Waals surface area contributed by atoms with Gasteiger partial charge in [-0.3, -0.25) is 4.79 Å². The van der Waals surface area contributed by atoms with Crippen LogP contribution in [-0.2, 0) is 16.0 Å². The maximum atomic E-state index is 12.6. The molecule has 0 unspecified atom stereocenters. The first kappa shape index (κ1) is 22.9. The molecule has 1 saturated carbocycles. The molecule has 2 fully saturated rings. The number of hydrogen-bond acceptors (Lipinski definition) is 4. The summed E-state index contributed by atoms with van der Waals surface area (Å²) in [5.74, 6) is 0.136. The van der Waals surface area contributed by atoms with Gasteiger partial charge in [0.1, 0.15) is 6.10 Å². The Hall–Kier alpha value is -2.77. The summed E-state index contributed by atoms with van der Waals surface area (Å²) in [6.07, 6.45) is 8.89. The topological polar surface area (TPSA) is 114 Å². The molecule has 1 aromatic carbocycles. The first-order valence-corrected chi connectivity index (χ1v) is 11.4. The third kappa shape index (κ3) is 7.45. The van der Waals surface area contributed by atoms with Crippen LogP contribution in [0.2, 0.25) is 0 Å². The van der Waals surface area contributed by atoms with Crippen LogP contribution in [0.15, 0.2) is 29.3 Å². The first-order valence-electron chi connectivity index (χ1n) is 11.4. The third-order valence-electron chi connectivity index (χ3n) is 6.03. The smallest absolute Gasteiger partial charge is 0.410 e. The summed E-state index contributed by atoms with van der Waals surface area (Å²) in [4.78, 5) is 32.7. The predicted octanol–water partition coefficient (Wildman–Crippen LogP) is 2.92. The zero-order chi connectivity index (χ0) is 22.1. The SMILES string of the molecule is NC(N)=Nc1ccc(CCC(=O)N2CCN(C(=O)OC3CCCCCCC3)CC2)cc1. The van der Waals surface area contributed by atoms with Crippen molar-refractivity contribution in [1.29, 1.82) is 0 Å². The van der Waals surface area contributed by atoms with Crippen LogP contribution in [0.4, 0.5) is 10.5 Å². The number of ether oxygens (including phenoxy) is 1. The van der Waals surface area contributed by atoms with Crippen molar-refractivity contribution in [3.05, 3.63) is 29.8 Å². The maximum absolute atomic E-state index is 12.6. The Kier molecular flexibility index (Phi) is 8.55. The minimum absolute atomic E-state index is 0.0237. The molecule has 0 spiro atoms. The molecule has 0 radical (unpaired) electrons. The molecule has 8 heteroatoms. The van der Waals surface area contributed by atoms with E-state index < -0.39 is 0 Å². The lowest BCUT2D eigenvalue weighted by molar-refractivity contribution is -0.132. The predicted molar refractivity (Wildman–Crippen MR) is 121 cm³/mol. The second kappa shape index (κ2) is 11.6. The highest BCUT2D eigenvalue weighted by Gasteiger charge is 2.26. The fraction of sp³-hybridized carbons (Fsp3) is 0.609. The van der Waals surface area contributed by atoms with Gasteiger partial charge in [-0.2, -0.15) is 0 Å². The van der Waals surface area contributed by atoms with Crippen LogP contribution in [0.1, 0.15) is 56.9 Å². The average molecular weight is 430 g/mol. The van der Waals surface area contributed by atoms with E-state index in [2.05, 4.69) is 4.99 Å². The summed E-state index contributed by atoms with van der Waals surface area (Å²) in [6.45, 7) is 2.18. The summed E-state index contributed by atoms with van der Waals surface area (Å²) in [5.41, 5.74) is 12.5. The number of nitrogens with zero attached hydrogens (tertiary/aromatic N) is 3. The summed E-state index contributed by atoms with van der Waals surface area (Å²) >= 11 is 0. The number of amides is 2. The van der Waals surface area contributed by atoms with E-state index in [1.54, 1.807) is 4.90 Å². The van der Waals surface area contributed by atoms with Gasteiger partial charge in [-0.1, -0.05) is 31.4 Å². The molecular formula is C23H35N5O3. The van der Waals surface area contributed by atoms with Gasteiger partial charge in [0.25, 0.3) is 0 Å². The molecular weight excluding hydrogens is 394 g/mol. The fourth-order valence-corrected chi connectivity index (χ4v) is 4.19. The van der Waals surface area contributed by atoms with Gasteiger partial charge in [0.15, 0.2) is 5.96 Å². The highest BCUT2D eigenvalue weighted by atomic mass is 16.6. The van der Waals surface area contributed by atoms with Gasteiger partial charge in [0, 0.05) is 32.6 Å². The lowest BCUT2D eigenvalue weighted by Gasteiger charge is -2.35. The van der Waals surface area contributed by atoms with Crippen LogP contribution in [0.25, 0.3) is 0 Å². The highest BCUT2D eigenvalue weighted by molar-refractivity contribution is 5.79. The molecule has 0 bridgehead atoms. The summed E-state index contributed by atoms with van der Waals surface area (Å²) in [6, 6.07) is 7.52. The molecule has 31 heavy (non-hydrogen) atoms. The molecule has 2 aliphatic rings. The molecule has 1 aliphatic heterocycles.